The van der Waals surface area contributed by atoms with Crippen LogP contribution in [-0.4, -0.2) is 36.1 Å². The van der Waals surface area contributed by atoms with Crippen LogP contribution in [0.3, 0.4) is 0 Å². The molecule has 0 atom stereocenters. The number of aromatic nitrogens is 1. The molecule has 1 aromatic rings. The Morgan fingerprint density at radius 3 is 2.36 bits per heavy atom. The molecule has 1 rings (SSSR count). The Morgan fingerprint density at radius 2 is 1.91 bits per heavy atom. The molecule has 0 aliphatic heterocycles. The SMILES string of the molecule is CCOC(CNC(=S)Nc1ccc(C(F)(F)F)cn1)OCC. The molecule has 22 heavy (non-hydrogen) atoms. The van der Waals surface area contributed by atoms with Crippen molar-refractivity contribution >= 4 is 23.1 Å². The first-order valence-electron chi connectivity index (χ1n) is 6.68. The van der Waals surface area contributed by atoms with Crippen molar-refractivity contribution in [1.29, 1.82) is 0 Å². The molecular weight excluding hydrogens is 319 g/mol. The van der Waals surface area contributed by atoms with Crippen molar-refractivity contribution in [3.05, 3.63) is 23.9 Å². The molecule has 0 saturated carbocycles. The van der Waals surface area contributed by atoms with Gasteiger partial charge in [0.2, 0.25) is 0 Å². The van der Waals surface area contributed by atoms with E-state index in [-0.39, 0.29) is 10.9 Å². The summed E-state index contributed by atoms with van der Waals surface area (Å²) < 4.78 is 47.9. The van der Waals surface area contributed by atoms with Gasteiger partial charge in [0, 0.05) is 19.4 Å². The van der Waals surface area contributed by atoms with Crippen molar-refractivity contribution < 1.29 is 22.6 Å². The number of hydrogen-bond acceptors (Lipinski definition) is 4. The smallest absolute Gasteiger partial charge is 0.357 e. The molecule has 2 N–H and O–H groups in total. The predicted octanol–water partition coefficient (Wildman–Crippen LogP) is 2.79. The van der Waals surface area contributed by atoms with Crippen molar-refractivity contribution in [3.8, 4) is 0 Å². The van der Waals surface area contributed by atoms with Gasteiger partial charge in [-0.3, -0.25) is 0 Å². The molecule has 1 aromatic heterocycles. The summed E-state index contributed by atoms with van der Waals surface area (Å²) in [6, 6.07) is 2.14. The van der Waals surface area contributed by atoms with Gasteiger partial charge in [-0.2, -0.15) is 13.2 Å². The van der Waals surface area contributed by atoms with Gasteiger partial charge in [0.15, 0.2) is 11.4 Å². The quantitative estimate of drug-likeness (QED) is 0.589. The first-order chi connectivity index (χ1) is 10.4. The number of hydrogen-bond donors (Lipinski definition) is 2. The fourth-order valence-electron chi connectivity index (χ4n) is 1.51. The first-order valence-corrected chi connectivity index (χ1v) is 7.09. The number of ether oxygens (including phenoxy) is 2. The van der Waals surface area contributed by atoms with E-state index in [1.54, 1.807) is 0 Å². The standard InChI is InChI=1S/C13H18F3N3O2S/c1-3-20-11(21-4-2)8-18-12(22)19-10-6-5-9(7-17-10)13(14,15)16/h5-7,11H,3-4,8H2,1-2H3,(H2,17,18,19,22). The number of halogens is 3. The Kier molecular flexibility index (Phi) is 7.49. The monoisotopic (exact) mass is 337 g/mol. The fourth-order valence-corrected chi connectivity index (χ4v) is 1.70. The number of alkyl halides is 3. The highest BCUT2D eigenvalue weighted by Crippen LogP contribution is 2.28. The van der Waals surface area contributed by atoms with Crippen molar-refractivity contribution in [2.45, 2.75) is 26.3 Å². The summed E-state index contributed by atoms with van der Waals surface area (Å²) in [6.45, 7) is 4.98. The van der Waals surface area contributed by atoms with E-state index in [2.05, 4.69) is 15.6 Å². The number of rotatable bonds is 7. The third kappa shape index (κ3) is 6.54. The Hall–Kier alpha value is -1.45. The minimum Gasteiger partial charge on any atom is -0.357 e. The van der Waals surface area contributed by atoms with Crippen molar-refractivity contribution in [1.82, 2.24) is 10.3 Å². The van der Waals surface area contributed by atoms with Gasteiger partial charge in [-0.15, -0.1) is 0 Å². The molecular formula is C13H18F3N3O2S. The maximum Gasteiger partial charge on any atom is 0.417 e. The van der Waals surface area contributed by atoms with Crippen LogP contribution in [0, 0.1) is 0 Å². The van der Waals surface area contributed by atoms with Crippen LogP contribution in [0.5, 0.6) is 0 Å². The van der Waals surface area contributed by atoms with Crippen molar-refractivity contribution in [2.24, 2.45) is 0 Å². The molecule has 0 radical (unpaired) electrons. The molecule has 0 fully saturated rings. The zero-order valence-electron chi connectivity index (χ0n) is 12.2. The van der Waals surface area contributed by atoms with E-state index in [1.165, 1.54) is 6.07 Å². The molecule has 9 heteroatoms. The summed E-state index contributed by atoms with van der Waals surface area (Å²) in [7, 11) is 0. The molecule has 0 aliphatic rings. The third-order valence-corrected chi connectivity index (χ3v) is 2.71. The number of nitrogens with one attached hydrogen (secondary N) is 2. The zero-order chi connectivity index (χ0) is 16.6. The van der Waals surface area contributed by atoms with Crippen LogP contribution in [0.25, 0.3) is 0 Å². The maximum absolute atomic E-state index is 12.4. The lowest BCUT2D eigenvalue weighted by Crippen LogP contribution is -2.37. The minimum absolute atomic E-state index is 0.217. The lowest BCUT2D eigenvalue weighted by molar-refractivity contribution is -0.137. The average Bonchev–Trinajstić information content (AvgIpc) is 2.45. The summed E-state index contributed by atoms with van der Waals surface area (Å²) in [5.74, 6) is 0.217. The topological polar surface area (TPSA) is 55.4 Å². The molecule has 1 heterocycles. The molecule has 0 amide bonds. The molecule has 0 aliphatic carbocycles. The molecule has 0 aromatic carbocycles. The fraction of sp³-hybridized carbons (Fsp3) is 0.538. The van der Waals surface area contributed by atoms with Crippen LogP contribution in [0.1, 0.15) is 19.4 Å². The van der Waals surface area contributed by atoms with E-state index in [9.17, 15) is 13.2 Å². The summed E-state index contributed by atoms with van der Waals surface area (Å²) in [5, 5.41) is 5.76. The van der Waals surface area contributed by atoms with E-state index in [1.807, 2.05) is 13.8 Å². The number of nitrogens with zero attached hydrogens (tertiary/aromatic N) is 1. The lowest BCUT2D eigenvalue weighted by Gasteiger charge is -2.18. The second-order valence-corrected chi connectivity index (χ2v) is 4.51. The van der Waals surface area contributed by atoms with Gasteiger partial charge in [0.25, 0.3) is 0 Å². The Labute approximate surface area is 132 Å². The summed E-state index contributed by atoms with van der Waals surface area (Å²) >= 11 is 5.03. The molecule has 0 spiro atoms. The van der Waals surface area contributed by atoms with Crippen molar-refractivity contribution in [3.63, 3.8) is 0 Å². The van der Waals surface area contributed by atoms with Gasteiger partial charge in [-0.25, -0.2) is 4.98 Å². The van der Waals surface area contributed by atoms with Gasteiger partial charge in [-0.05, 0) is 38.2 Å². The van der Waals surface area contributed by atoms with E-state index in [4.69, 9.17) is 21.7 Å². The molecule has 0 bridgehead atoms. The van der Waals surface area contributed by atoms with Crippen LogP contribution in [0.2, 0.25) is 0 Å². The molecule has 0 saturated heterocycles. The van der Waals surface area contributed by atoms with Gasteiger partial charge in [-0.1, -0.05) is 0 Å². The Morgan fingerprint density at radius 1 is 1.27 bits per heavy atom. The molecule has 124 valence electrons. The predicted molar refractivity (Wildman–Crippen MR) is 80.5 cm³/mol. The Balaban J connectivity index is 2.47. The summed E-state index contributed by atoms with van der Waals surface area (Å²) in [6.07, 6.45) is -4.11. The highest BCUT2D eigenvalue weighted by molar-refractivity contribution is 7.80. The van der Waals surface area contributed by atoms with Crippen molar-refractivity contribution in [2.75, 3.05) is 25.1 Å². The van der Waals surface area contributed by atoms with E-state index >= 15 is 0 Å². The van der Waals surface area contributed by atoms with E-state index < -0.39 is 18.0 Å². The number of pyridine rings is 1. The highest BCUT2D eigenvalue weighted by Gasteiger charge is 2.30. The Bertz CT molecular complexity index is 463. The summed E-state index contributed by atoms with van der Waals surface area (Å²) in [4.78, 5) is 3.66. The number of thiocarbonyl (C=S) groups is 1. The van der Waals surface area contributed by atoms with Crippen LogP contribution in [0.15, 0.2) is 18.3 Å². The van der Waals surface area contributed by atoms with Crippen LogP contribution in [0.4, 0.5) is 19.0 Å². The molecule has 5 nitrogen and oxygen atoms in total. The minimum atomic E-state index is -4.41. The van der Waals surface area contributed by atoms with Crippen LogP contribution >= 0.6 is 12.2 Å². The van der Waals surface area contributed by atoms with Crippen LogP contribution < -0.4 is 10.6 Å². The van der Waals surface area contributed by atoms with E-state index in [0.717, 1.165) is 12.3 Å². The van der Waals surface area contributed by atoms with E-state index in [0.29, 0.717) is 19.8 Å². The van der Waals surface area contributed by atoms with Crippen LogP contribution in [-0.2, 0) is 15.7 Å². The normalized spacial score (nSPS) is 11.5. The highest BCUT2D eigenvalue weighted by atomic mass is 32.1. The van der Waals surface area contributed by atoms with Gasteiger partial charge in [0.05, 0.1) is 12.1 Å². The average molecular weight is 337 g/mol. The zero-order valence-corrected chi connectivity index (χ0v) is 13.1. The largest absolute Gasteiger partial charge is 0.417 e. The maximum atomic E-state index is 12.4. The van der Waals surface area contributed by atoms with Gasteiger partial charge < -0.3 is 20.1 Å². The second-order valence-electron chi connectivity index (χ2n) is 4.11. The van der Waals surface area contributed by atoms with Gasteiger partial charge in [0.1, 0.15) is 5.82 Å². The third-order valence-electron chi connectivity index (χ3n) is 2.47. The molecule has 0 unspecified atom stereocenters. The lowest BCUT2D eigenvalue weighted by atomic mass is 10.3. The first kappa shape index (κ1) is 18.6. The summed E-state index contributed by atoms with van der Waals surface area (Å²) in [5.41, 5.74) is -0.815. The van der Waals surface area contributed by atoms with Gasteiger partial charge >= 0.3 is 6.18 Å². The number of anilines is 1. The second kappa shape index (κ2) is 8.86.